The van der Waals surface area contributed by atoms with Gasteiger partial charge in [-0.2, -0.15) is 0 Å². The van der Waals surface area contributed by atoms with Gasteiger partial charge in [-0.05, 0) is 42.9 Å². The van der Waals surface area contributed by atoms with E-state index in [0.29, 0.717) is 44.6 Å². The van der Waals surface area contributed by atoms with Crippen molar-refractivity contribution in [3.63, 3.8) is 0 Å². The Morgan fingerprint density at radius 3 is 2.68 bits per heavy atom. The third-order valence-corrected chi connectivity index (χ3v) is 7.18. The molecule has 164 valence electrons. The van der Waals surface area contributed by atoms with Crippen molar-refractivity contribution in [1.82, 2.24) is 14.3 Å². The Kier molecular flexibility index (Phi) is 6.48. The smallest absolute Gasteiger partial charge is 0.267 e. The topological polar surface area (TPSA) is 57.9 Å². The molecule has 0 spiro atoms. The van der Waals surface area contributed by atoms with Gasteiger partial charge in [0.05, 0.1) is 10.5 Å². The van der Waals surface area contributed by atoms with E-state index in [0.717, 1.165) is 32.4 Å². The maximum Gasteiger partial charge on any atom is 0.267 e. The van der Waals surface area contributed by atoms with Gasteiger partial charge >= 0.3 is 0 Å². The van der Waals surface area contributed by atoms with Crippen LogP contribution in [0, 0.1) is 11.8 Å². The number of thiocarbonyl (C=S) groups is 1. The number of carbonyl (C=O) groups is 1. The number of carbonyl (C=O) groups excluding carboxylic acids is 1. The number of nitrogens with zero attached hydrogens (tertiary/aromatic N) is 4. The van der Waals surface area contributed by atoms with Gasteiger partial charge in [0.25, 0.3) is 11.5 Å². The van der Waals surface area contributed by atoms with Crippen LogP contribution < -0.4 is 10.5 Å². The number of anilines is 1. The highest BCUT2D eigenvalue weighted by atomic mass is 32.2. The zero-order valence-corrected chi connectivity index (χ0v) is 19.8. The maximum atomic E-state index is 13.5. The zero-order chi connectivity index (χ0) is 22.1. The number of piperidine rings is 1. The minimum atomic E-state index is -0.162. The van der Waals surface area contributed by atoms with Crippen LogP contribution in [-0.4, -0.2) is 44.1 Å². The van der Waals surface area contributed by atoms with Gasteiger partial charge < -0.3 is 4.90 Å². The van der Waals surface area contributed by atoms with E-state index in [1.165, 1.54) is 11.8 Å². The largest absolute Gasteiger partial charge is 0.355 e. The van der Waals surface area contributed by atoms with Crippen LogP contribution in [0.25, 0.3) is 11.7 Å². The summed E-state index contributed by atoms with van der Waals surface area (Å²) >= 11 is 6.71. The normalized spacial score (nSPS) is 23.4. The predicted molar refractivity (Wildman–Crippen MR) is 131 cm³/mol. The van der Waals surface area contributed by atoms with Crippen LogP contribution in [-0.2, 0) is 4.79 Å². The van der Waals surface area contributed by atoms with E-state index >= 15 is 0 Å². The van der Waals surface area contributed by atoms with Gasteiger partial charge in [0.15, 0.2) is 0 Å². The molecule has 1 amide bonds. The minimum Gasteiger partial charge on any atom is -0.355 e. The average Bonchev–Trinajstić information content (AvgIpc) is 3.00. The number of rotatable bonds is 5. The van der Waals surface area contributed by atoms with Crippen molar-refractivity contribution in [1.29, 1.82) is 0 Å². The lowest BCUT2D eigenvalue weighted by Crippen LogP contribution is -2.40. The Morgan fingerprint density at radius 2 is 1.97 bits per heavy atom. The molecule has 0 radical (unpaired) electrons. The van der Waals surface area contributed by atoms with E-state index in [1.54, 1.807) is 21.6 Å². The minimum absolute atomic E-state index is 0.118. The van der Waals surface area contributed by atoms with Gasteiger partial charge in [-0.1, -0.05) is 57.2 Å². The molecule has 2 aliphatic rings. The van der Waals surface area contributed by atoms with Crippen LogP contribution in [0.5, 0.6) is 0 Å². The van der Waals surface area contributed by atoms with E-state index in [9.17, 15) is 9.59 Å². The maximum absolute atomic E-state index is 13.5. The summed E-state index contributed by atoms with van der Waals surface area (Å²) < 4.78 is 2.10. The van der Waals surface area contributed by atoms with Crippen molar-refractivity contribution in [3.8, 4) is 0 Å². The lowest BCUT2D eigenvalue weighted by molar-refractivity contribution is -0.122. The van der Waals surface area contributed by atoms with E-state index in [-0.39, 0.29) is 11.5 Å². The summed E-state index contributed by atoms with van der Waals surface area (Å²) in [6.07, 6.45) is 6.48. The molecule has 2 saturated heterocycles. The molecule has 0 unspecified atom stereocenters. The third-order valence-electron chi connectivity index (χ3n) is 5.80. The molecule has 0 aliphatic carbocycles. The second-order valence-corrected chi connectivity index (χ2v) is 10.3. The molecule has 2 aromatic heterocycles. The van der Waals surface area contributed by atoms with Crippen LogP contribution >= 0.6 is 24.0 Å². The van der Waals surface area contributed by atoms with Crippen molar-refractivity contribution in [3.05, 3.63) is 45.2 Å². The number of hydrogen-bond acceptors (Lipinski definition) is 6. The molecule has 2 aromatic rings. The van der Waals surface area contributed by atoms with Crippen LogP contribution in [0.1, 0.15) is 45.6 Å². The Hall–Kier alpha value is -2.19. The van der Waals surface area contributed by atoms with Gasteiger partial charge in [0, 0.05) is 25.8 Å². The first kappa shape index (κ1) is 22.0. The molecule has 0 bridgehead atoms. The van der Waals surface area contributed by atoms with E-state index in [4.69, 9.17) is 17.2 Å². The molecule has 31 heavy (non-hydrogen) atoms. The molecule has 0 aromatic carbocycles. The van der Waals surface area contributed by atoms with Gasteiger partial charge in [-0.3, -0.25) is 18.9 Å². The summed E-state index contributed by atoms with van der Waals surface area (Å²) in [7, 11) is 0. The predicted octanol–water partition coefficient (Wildman–Crippen LogP) is 4.18. The molecule has 6 nitrogen and oxygen atoms in total. The summed E-state index contributed by atoms with van der Waals surface area (Å²) in [5.41, 5.74) is 0.910. The van der Waals surface area contributed by atoms with Gasteiger partial charge in [-0.15, -0.1) is 0 Å². The Labute approximate surface area is 192 Å². The van der Waals surface area contributed by atoms with Gasteiger partial charge in [-0.25, -0.2) is 4.98 Å². The molecule has 8 heteroatoms. The van der Waals surface area contributed by atoms with E-state index in [2.05, 4.69) is 25.7 Å². The number of amides is 1. The molecule has 0 N–H and O–H groups in total. The molecule has 2 fully saturated rings. The van der Waals surface area contributed by atoms with Crippen molar-refractivity contribution >= 4 is 51.7 Å². The summed E-state index contributed by atoms with van der Waals surface area (Å²) in [6.45, 7) is 8.85. The third kappa shape index (κ3) is 4.41. The number of pyridine rings is 1. The lowest BCUT2D eigenvalue weighted by Gasteiger charge is -2.36. The highest BCUT2D eigenvalue weighted by Crippen LogP contribution is 2.34. The summed E-state index contributed by atoms with van der Waals surface area (Å²) in [5, 5.41) is 0. The average molecular weight is 457 g/mol. The first-order valence-corrected chi connectivity index (χ1v) is 12.1. The van der Waals surface area contributed by atoms with Gasteiger partial charge in [0.2, 0.25) is 0 Å². The standard InChI is InChI=1S/C23H28N4O2S2/c1-4-5-9-27-22(29)18(31-23(27)30)12-17-20(25-13-15(2)11-16(3)14-25)24-19-8-6-7-10-26(19)21(17)28/h6-8,10,12,15-16H,4-5,9,11,13-14H2,1-3H3/b18-12+/t15-,16-/m0/s1. The Bertz CT molecular complexity index is 1100. The lowest BCUT2D eigenvalue weighted by atomic mass is 9.91. The van der Waals surface area contributed by atoms with Crippen molar-refractivity contribution in [2.75, 3.05) is 24.5 Å². The number of aromatic nitrogens is 2. The van der Waals surface area contributed by atoms with Crippen LogP contribution in [0.15, 0.2) is 34.1 Å². The summed E-state index contributed by atoms with van der Waals surface area (Å²) in [5.74, 6) is 1.57. The second-order valence-electron chi connectivity index (χ2n) is 8.62. The summed E-state index contributed by atoms with van der Waals surface area (Å²) in [4.78, 5) is 35.7. The van der Waals surface area contributed by atoms with Crippen LogP contribution in [0.3, 0.4) is 0 Å². The molecule has 4 rings (SSSR count). The number of fused-ring (bicyclic) bond motifs is 1. The number of thioether (sulfide) groups is 1. The molecule has 4 heterocycles. The highest BCUT2D eigenvalue weighted by molar-refractivity contribution is 8.26. The van der Waals surface area contributed by atoms with Crippen molar-refractivity contribution in [2.45, 2.75) is 40.0 Å². The Balaban J connectivity index is 1.82. The van der Waals surface area contributed by atoms with Gasteiger partial charge in [0.1, 0.15) is 15.8 Å². The molecular formula is C23H28N4O2S2. The highest BCUT2D eigenvalue weighted by Gasteiger charge is 2.33. The van der Waals surface area contributed by atoms with E-state index < -0.39 is 0 Å². The first-order chi connectivity index (χ1) is 14.9. The molecule has 2 aliphatic heterocycles. The fourth-order valence-corrected chi connectivity index (χ4v) is 5.72. The Morgan fingerprint density at radius 1 is 1.23 bits per heavy atom. The number of unbranched alkanes of at least 4 members (excludes halogenated alkanes) is 1. The monoisotopic (exact) mass is 456 g/mol. The van der Waals surface area contributed by atoms with E-state index in [1.807, 2.05) is 18.2 Å². The SMILES string of the molecule is CCCCN1C(=O)/C(=C\c2c(N3C[C@@H](C)C[C@H](C)C3)nc3ccccn3c2=O)SC1=S. The second kappa shape index (κ2) is 9.12. The molecule has 0 saturated carbocycles. The quantitative estimate of drug-likeness (QED) is 0.497. The van der Waals surface area contributed by atoms with Crippen LogP contribution in [0.4, 0.5) is 5.82 Å². The van der Waals surface area contributed by atoms with Crippen LogP contribution in [0.2, 0.25) is 0 Å². The van der Waals surface area contributed by atoms with Crippen molar-refractivity contribution < 1.29 is 4.79 Å². The summed E-state index contributed by atoms with van der Waals surface area (Å²) in [6, 6.07) is 5.54. The van der Waals surface area contributed by atoms with Crippen molar-refractivity contribution in [2.24, 2.45) is 11.8 Å². The zero-order valence-electron chi connectivity index (χ0n) is 18.2. The fraction of sp³-hybridized carbons (Fsp3) is 0.478. The molecule has 2 atom stereocenters. The molecular weight excluding hydrogens is 428 g/mol. The first-order valence-electron chi connectivity index (χ1n) is 10.9. The number of hydrogen-bond donors (Lipinski definition) is 0. The fourth-order valence-electron chi connectivity index (χ4n) is 4.43.